The van der Waals surface area contributed by atoms with Crippen molar-refractivity contribution < 1.29 is 4.79 Å². The van der Waals surface area contributed by atoms with Gasteiger partial charge in [-0.15, -0.1) is 0 Å². The number of hydrogen-bond acceptors (Lipinski definition) is 3. The number of aryl methyl sites for hydroxylation is 1. The minimum Gasteiger partial charge on any atom is -0.267 e. The van der Waals surface area contributed by atoms with Crippen molar-refractivity contribution in [3.8, 4) is 0 Å². The minimum atomic E-state index is -0.365. The van der Waals surface area contributed by atoms with E-state index in [0.29, 0.717) is 22.2 Å². The molecule has 0 saturated carbocycles. The fourth-order valence-electron chi connectivity index (χ4n) is 2.70. The maximum absolute atomic E-state index is 12.2. The van der Waals surface area contributed by atoms with Crippen LogP contribution in [0.15, 0.2) is 53.6 Å². The minimum absolute atomic E-state index is 0.365. The number of halogens is 2. The van der Waals surface area contributed by atoms with Crippen LogP contribution in [-0.4, -0.2) is 21.9 Å². The molecular weight excluding hydrogens is 383 g/mol. The Kier molecular flexibility index (Phi) is 5.94. The van der Waals surface area contributed by atoms with E-state index in [-0.39, 0.29) is 5.91 Å². The van der Waals surface area contributed by atoms with Crippen molar-refractivity contribution in [3.05, 3.63) is 86.7 Å². The van der Waals surface area contributed by atoms with Crippen LogP contribution in [0.2, 0.25) is 10.0 Å². The molecule has 138 valence electrons. The molecule has 1 N–H and O–H groups in total. The third-order valence-electron chi connectivity index (χ3n) is 4.19. The van der Waals surface area contributed by atoms with Crippen LogP contribution in [0.3, 0.4) is 0 Å². The van der Waals surface area contributed by atoms with Crippen LogP contribution >= 0.6 is 23.2 Å². The lowest BCUT2D eigenvalue weighted by Crippen LogP contribution is -2.18. The summed E-state index contributed by atoms with van der Waals surface area (Å²) < 4.78 is 1.87. The summed E-state index contributed by atoms with van der Waals surface area (Å²) >= 11 is 12.3. The summed E-state index contributed by atoms with van der Waals surface area (Å²) in [5, 5.41) is 9.69. The van der Waals surface area contributed by atoms with Crippen molar-refractivity contribution in [2.24, 2.45) is 5.10 Å². The molecule has 0 aliphatic heterocycles. The molecule has 1 aromatic heterocycles. The quantitative estimate of drug-likeness (QED) is 0.501. The van der Waals surface area contributed by atoms with Gasteiger partial charge < -0.3 is 0 Å². The van der Waals surface area contributed by atoms with Gasteiger partial charge in [0.2, 0.25) is 0 Å². The number of carbonyl (C=O) groups excluding carboxylic acids is 1. The van der Waals surface area contributed by atoms with Crippen LogP contribution in [-0.2, 0) is 6.54 Å². The third-order valence-corrected chi connectivity index (χ3v) is 4.89. The molecule has 2 aromatic carbocycles. The molecule has 0 saturated heterocycles. The molecule has 5 nitrogen and oxygen atoms in total. The van der Waals surface area contributed by atoms with Crippen molar-refractivity contribution >= 4 is 35.3 Å². The van der Waals surface area contributed by atoms with Crippen LogP contribution in [0.1, 0.15) is 32.9 Å². The van der Waals surface area contributed by atoms with Crippen LogP contribution in [0.5, 0.6) is 0 Å². The highest BCUT2D eigenvalue weighted by Gasteiger charge is 2.12. The van der Waals surface area contributed by atoms with Crippen LogP contribution < -0.4 is 5.43 Å². The highest BCUT2D eigenvalue weighted by atomic mass is 35.5. The number of carbonyl (C=O) groups is 1. The Morgan fingerprint density at radius 2 is 1.78 bits per heavy atom. The Balaban J connectivity index is 1.75. The number of nitrogens with one attached hydrogen (secondary N) is 1. The first-order valence-electron chi connectivity index (χ1n) is 8.32. The van der Waals surface area contributed by atoms with Gasteiger partial charge in [0.05, 0.1) is 29.0 Å². The summed E-state index contributed by atoms with van der Waals surface area (Å²) in [6, 6.07) is 14.5. The third kappa shape index (κ3) is 4.38. The molecule has 7 heteroatoms. The van der Waals surface area contributed by atoms with Gasteiger partial charge in [-0.25, -0.2) is 5.43 Å². The highest BCUT2D eigenvalue weighted by molar-refractivity contribution is 6.33. The summed E-state index contributed by atoms with van der Waals surface area (Å²) in [6.45, 7) is 4.41. The van der Waals surface area contributed by atoms with Crippen molar-refractivity contribution in [2.75, 3.05) is 0 Å². The monoisotopic (exact) mass is 400 g/mol. The maximum Gasteiger partial charge on any atom is 0.272 e. The average Bonchev–Trinajstić information content (AvgIpc) is 2.91. The van der Waals surface area contributed by atoms with Gasteiger partial charge in [-0.05, 0) is 37.6 Å². The van der Waals surface area contributed by atoms with Crippen molar-refractivity contribution in [1.82, 2.24) is 15.2 Å². The first-order valence-corrected chi connectivity index (χ1v) is 9.08. The van der Waals surface area contributed by atoms with E-state index in [1.54, 1.807) is 30.5 Å². The van der Waals surface area contributed by atoms with Crippen LogP contribution in [0.4, 0.5) is 0 Å². The number of rotatable bonds is 5. The van der Waals surface area contributed by atoms with Gasteiger partial charge in [-0.1, -0.05) is 53.5 Å². The molecule has 0 radical (unpaired) electrons. The van der Waals surface area contributed by atoms with Crippen molar-refractivity contribution in [2.45, 2.75) is 20.4 Å². The van der Waals surface area contributed by atoms with Gasteiger partial charge in [0.1, 0.15) is 0 Å². The van der Waals surface area contributed by atoms with Crippen molar-refractivity contribution in [1.29, 1.82) is 0 Å². The number of amides is 1. The van der Waals surface area contributed by atoms with Gasteiger partial charge in [-0.3, -0.25) is 9.48 Å². The van der Waals surface area contributed by atoms with E-state index >= 15 is 0 Å². The Morgan fingerprint density at radius 3 is 2.48 bits per heavy atom. The molecular formula is C20H18Cl2N4O. The Morgan fingerprint density at radius 1 is 1.11 bits per heavy atom. The number of benzene rings is 2. The predicted molar refractivity (Wildman–Crippen MR) is 109 cm³/mol. The predicted octanol–water partition coefficient (Wildman–Crippen LogP) is 4.62. The smallest absolute Gasteiger partial charge is 0.267 e. The first kappa shape index (κ1) is 19.1. The average molecular weight is 401 g/mol. The number of hydrogen-bond donors (Lipinski definition) is 1. The standard InChI is InChI=1S/C20H18Cl2N4O/c1-13-17(11-23-24-20(27)16-8-4-6-10-19(16)22)14(2)26(25-13)12-15-7-3-5-9-18(15)21/h3-11H,12H2,1-2H3,(H,24,27)/b23-11+. The summed E-state index contributed by atoms with van der Waals surface area (Å²) in [5.74, 6) is -0.365. The zero-order chi connectivity index (χ0) is 19.4. The van der Waals surface area contributed by atoms with E-state index in [4.69, 9.17) is 23.2 Å². The summed E-state index contributed by atoms with van der Waals surface area (Å²) in [6.07, 6.45) is 1.59. The molecule has 0 fully saturated rings. The molecule has 0 spiro atoms. The van der Waals surface area contributed by atoms with Gasteiger partial charge in [0.25, 0.3) is 5.91 Å². The highest BCUT2D eigenvalue weighted by Crippen LogP contribution is 2.19. The SMILES string of the molecule is Cc1nn(Cc2ccccc2Cl)c(C)c1/C=N/NC(=O)c1ccccc1Cl. The van der Waals surface area contributed by atoms with Gasteiger partial charge in [0, 0.05) is 16.3 Å². The molecule has 1 heterocycles. The lowest BCUT2D eigenvalue weighted by Gasteiger charge is -2.06. The first-order chi connectivity index (χ1) is 13.0. The van der Waals surface area contributed by atoms with Crippen molar-refractivity contribution in [3.63, 3.8) is 0 Å². The number of aromatic nitrogens is 2. The van der Waals surface area contributed by atoms with E-state index < -0.39 is 0 Å². The molecule has 1 amide bonds. The fraction of sp³-hybridized carbons (Fsp3) is 0.150. The molecule has 0 aliphatic rings. The normalized spacial score (nSPS) is 11.1. The Hall–Kier alpha value is -2.63. The number of hydrazone groups is 1. The lowest BCUT2D eigenvalue weighted by atomic mass is 10.2. The molecule has 3 aromatic rings. The molecule has 27 heavy (non-hydrogen) atoms. The summed E-state index contributed by atoms with van der Waals surface area (Å²) in [7, 11) is 0. The Labute approximate surface area is 167 Å². The van der Waals surface area contributed by atoms with Gasteiger partial charge in [0.15, 0.2) is 0 Å². The zero-order valence-corrected chi connectivity index (χ0v) is 16.4. The van der Waals surface area contributed by atoms with Gasteiger partial charge in [-0.2, -0.15) is 10.2 Å². The summed E-state index contributed by atoms with van der Waals surface area (Å²) in [5.41, 5.74) is 6.46. The molecule has 3 rings (SSSR count). The fourth-order valence-corrected chi connectivity index (χ4v) is 3.12. The van der Waals surface area contributed by atoms with E-state index in [2.05, 4.69) is 15.6 Å². The second kappa shape index (κ2) is 8.37. The van der Waals surface area contributed by atoms with E-state index in [1.807, 2.05) is 42.8 Å². The van der Waals surface area contributed by atoms with E-state index in [0.717, 1.165) is 22.5 Å². The van der Waals surface area contributed by atoms with Crippen LogP contribution in [0, 0.1) is 13.8 Å². The topological polar surface area (TPSA) is 59.3 Å². The molecule has 0 aliphatic carbocycles. The largest absolute Gasteiger partial charge is 0.272 e. The van der Waals surface area contributed by atoms with Crippen LogP contribution in [0.25, 0.3) is 0 Å². The lowest BCUT2D eigenvalue weighted by molar-refractivity contribution is 0.0955. The number of nitrogens with zero attached hydrogens (tertiary/aromatic N) is 3. The second-order valence-electron chi connectivity index (χ2n) is 6.01. The second-order valence-corrected chi connectivity index (χ2v) is 6.83. The summed E-state index contributed by atoms with van der Waals surface area (Å²) in [4.78, 5) is 12.2. The van der Waals surface area contributed by atoms with E-state index in [1.165, 1.54) is 0 Å². The molecule has 0 bridgehead atoms. The maximum atomic E-state index is 12.2. The van der Waals surface area contributed by atoms with Gasteiger partial charge >= 0.3 is 0 Å². The Bertz CT molecular complexity index is 1010. The molecule has 0 atom stereocenters. The zero-order valence-electron chi connectivity index (χ0n) is 14.9. The molecule has 0 unspecified atom stereocenters. The van der Waals surface area contributed by atoms with E-state index in [9.17, 15) is 4.79 Å².